The van der Waals surface area contributed by atoms with Gasteiger partial charge in [-0.15, -0.1) is 0 Å². The molecule has 0 fully saturated rings. The van der Waals surface area contributed by atoms with E-state index in [0.29, 0.717) is 18.5 Å². The number of benzene rings is 2. The van der Waals surface area contributed by atoms with E-state index in [1.54, 1.807) is 36.5 Å². The molecule has 0 radical (unpaired) electrons. The van der Waals surface area contributed by atoms with E-state index in [0.717, 1.165) is 16.5 Å². The molecule has 0 bridgehead atoms. The molecule has 1 aromatic heterocycles. The molecule has 3 rings (SSSR count). The maximum Gasteiger partial charge on any atom is 0.268 e. The lowest BCUT2D eigenvalue weighted by Gasteiger charge is -2.07. The van der Waals surface area contributed by atoms with Crippen LogP contribution in [-0.4, -0.2) is 24.8 Å². The van der Waals surface area contributed by atoms with Crippen LogP contribution in [0.3, 0.4) is 0 Å². The molecule has 0 unspecified atom stereocenters. The van der Waals surface area contributed by atoms with Gasteiger partial charge in [-0.2, -0.15) is 0 Å². The van der Waals surface area contributed by atoms with Crippen molar-refractivity contribution in [1.82, 2.24) is 9.29 Å². The van der Waals surface area contributed by atoms with Crippen molar-refractivity contribution in [3.63, 3.8) is 0 Å². The molecule has 0 aliphatic carbocycles. The Bertz CT molecular complexity index is 1020. The van der Waals surface area contributed by atoms with Gasteiger partial charge in [-0.05, 0) is 37.1 Å². The Morgan fingerprint density at radius 1 is 1.08 bits per heavy atom. The van der Waals surface area contributed by atoms with Crippen LogP contribution in [0, 0.1) is 6.92 Å². The Labute approximate surface area is 147 Å². The highest BCUT2D eigenvalue weighted by Gasteiger charge is 2.20. The maximum absolute atomic E-state index is 13.0. The predicted octanol–water partition coefficient (Wildman–Crippen LogP) is 2.87. The van der Waals surface area contributed by atoms with Crippen molar-refractivity contribution in [1.29, 1.82) is 0 Å². The Kier molecular flexibility index (Phi) is 4.63. The summed E-state index contributed by atoms with van der Waals surface area (Å²) in [7, 11) is -3.67. The molecule has 2 aromatic carbocycles. The second-order valence-corrected chi connectivity index (χ2v) is 7.83. The minimum Gasteiger partial charge on any atom is -0.356 e. The number of amides is 1. The summed E-state index contributed by atoms with van der Waals surface area (Å²) in [5, 5.41) is 3.63. The minimum absolute atomic E-state index is 0.101. The molecule has 0 atom stereocenters. The smallest absolute Gasteiger partial charge is 0.268 e. The fourth-order valence-corrected chi connectivity index (χ4v) is 4.20. The zero-order chi connectivity index (χ0) is 18.0. The van der Waals surface area contributed by atoms with Gasteiger partial charge in [0.05, 0.1) is 10.4 Å². The summed E-state index contributed by atoms with van der Waals surface area (Å²) in [4.78, 5) is 11.3. The second kappa shape index (κ2) is 6.72. The number of hydrogen-bond donors (Lipinski definition) is 1. The van der Waals surface area contributed by atoms with Gasteiger partial charge in [-0.25, -0.2) is 12.4 Å². The van der Waals surface area contributed by atoms with Crippen molar-refractivity contribution in [3.8, 4) is 0 Å². The molecule has 1 amide bonds. The van der Waals surface area contributed by atoms with Crippen molar-refractivity contribution in [2.45, 2.75) is 25.2 Å². The van der Waals surface area contributed by atoms with Gasteiger partial charge in [0.25, 0.3) is 10.0 Å². The van der Waals surface area contributed by atoms with Crippen molar-refractivity contribution in [2.75, 3.05) is 6.54 Å². The molecule has 0 saturated heterocycles. The number of hydrogen-bond acceptors (Lipinski definition) is 3. The Morgan fingerprint density at radius 2 is 1.76 bits per heavy atom. The summed E-state index contributed by atoms with van der Waals surface area (Å²) >= 11 is 0. The molecule has 1 N–H and O–H groups in total. The molecule has 0 spiro atoms. The van der Waals surface area contributed by atoms with Crippen LogP contribution in [0.15, 0.2) is 59.6 Å². The number of carbonyl (C=O) groups is 1. The molecule has 0 aliphatic rings. The van der Waals surface area contributed by atoms with E-state index in [2.05, 4.69) is 5.32 Å². The lowest BCUT2D eigenvalue weighted by Crippen LogP contribution is -2.22. The van der Waals surface area contributed by atoms with Crippen molar-refractivity contribution in [3.05, 3.63) is 65.9 Å². The first kappa shape index (κ1) is 17.2. The Hall–Kier alpha value is -2.60. The molecule has 25 heavy (non-hydrogen) atoms. The normalized spacial score (nSPS) is 11.6. The average molecular weight is 356 g/mol. The molecule has 3 aromatic rings. The van der Waals surface area contributed by atoms with E-state index >= 15 is 0 Å². The van der Waals surface area contributed by atoms with E-state index in [4.69, 9.17) is 0 Å². The highest BCUT2D eigenvalue weighted by Crippen LogP contribution is 2.26. The van der Waals surface area contributed by atoms with Crippen LogP contribution in [0.25, 0.3) is 10.9 Å². The molecule has 0 aliphatic heterocycles. The first-order valence-corrected chi connectivity index (χ1v) is 9.49. The van der Waals surface area contributed by atoms with Crippen molar-refractivity contribution < 1.29 is 13.2 Å². The van der Waals surface area contributed by atoms with Gasteiger partial charge in [0.1, 0.15) is 0 Å². The van der Waals surface area contributed by atoms with Gasteiger partial charge in [0.15, 0.2) is 0 Å². The zero-order valence-electron chi connectivity index (χ0n) is 14.2. The van der Waals surface area contributed by atoms with Crippen LogP contribution >= 0.6 is 0 Å². The van der Waals surface area contributed by atoms with E-state index in [9.17, 15) is 13.2 Å². The van der Waals surface area contributed by atoms with Crippen LogP contribution in [-0.2, 0) is 21.2 Å². The molecular formula is C19H20N2O3S. The number of aromatic nitrogens is 1. The van der Waals surface area contributed by atoms with Crippen LogP contribution in [0.1, 0.15) is 18.1 Å². The standard InChI is InChI=1S/C19H20N2O3S/c1-14-7-9-17(10-8-14)25(23,24)21-13-16(11-12-20-15(2)22)18-5-3-4-6-19(18)21/h3-10,13H,11-12H2,1-2H3,(H,20,22). The summed E-state index contributed by atoms with van der Waals surface area (Å²) in [5.41, 5.74) is 2.54. The molecule has 6 heteroatoms. The van der Waals surface area contributed by atoms with Gasteiger partial charge in [0, 0.05) is 25.1 Å². The summed E-state index contributed by atoms with van der Waals surface area (Å²) in [6, 6.07) is 14.2. The van der Waals surface area contributed by atoms with E-state index in [1.807, 2.05) is 25.1 Å². The van der Waals surface area contributed by atoms with Crippen LogP contribution in [0.4, 0.5) is 0 Å². The topological polar surface area (TPSA) is 68.2 Å². The van der Waals surface area contributed by atoms with E-state index < -0.39 is 10.0 Å². The summed E-state index contributed by atoms with van der Waals surface area (Å²) in [6.07, 6.45) is 2.22. The third-order valence-corrected chi connectivity index (χ3v) is 5.79. The highest BCUT2D eigenvalue weighted by molar-refractivity contribution is 7.90. The average Bonchev–Trinajstić information content (AvgIpc) is 2.95. The fourth-order valence-electron chi connectivity index (χ4n) is 2.81. The predicted molar refractivity (Wildman–Crippen MR) is 98.1 cm³/mol. The van der Waals surface area contributed by atoms with E-state index in [1.165, 1.54) is 10.9 Å². The van der Waals surface area contributed by atoms with Gasteiger partial charge in [0.2, 0.25) is 5.91 Å². The van der Waals surface area contributed by atoms with Crippen molar-refractivity contribution >= 4 is 26.8 Å². The first-order chi connectivity index (χ1) is 11.9. The quantitative estimate of drug-likeness (QED) is 0.764. The first-order valence-electron chi connectivity index (χ1n) is 8.05. The Morgan fingerprint density at radius 3 is 2.44 bits per heavy atom. The van der Waals surface area contributed by atoms with Gasteiger partial charge < -0.3 is 5.32 Å². The third-order valence-electron chi connectivity index (χ3n) is 4.11. The van der Waals surface area contributed by atoms with Crippen LogP contribution in [0.2, 0.25) is 0 Å². The molecular weight excluding hydrogens is 336 g/mol. The van der Waals surface area contributed by atoms with Gasteiger partial charge >= 0.3 is 0 Å². The fraction of sp³-hybridized carbons (Fsp3) is 0.211. The summed E-state index contributed by atoms with van der Waals surface area (Å²) in [6.45, 7) is 3.85. The Balaban J connectivity index is 2.07. The number of para-hydroxylation sites is 1. The monoisotopic (exact) mass is 356 g/mol. The number of rotatable bonds is 5. The molecule has 130 valence electrons. The van der Waals surface area contributed by atoms with Crippen molar-refractivity contribution in [2.24, 2.45) is 0 Å². The highest BCUT2D eigenvalue weighted by atomic mass is 32.2. The van der Waals surface area contributed by atoms with Crippen LogP contribution in [0.5, 0.6) is 0 Å². The molecule has 5 nitrogen and oxygen atoms in total. The summed E-state index contributed by atoms with van der Waals surface area (Å²) < 4.78 is 27.4. The second-order valence-electron chi connectivity index (χ2n) is 6.02. The lowest BCUT2D eigenvalue weighted by molar-refractivity contribution is -0.118. The number of carbonyl (C=O) groups excluding carboxylic acids is 1. The molecule has 0 saturated carbocycles. The lowest BCUT2D eigenvalue weighted by atomic mass is 10.1. The number of fused-ring (bicyclic) bond motifs is 1. The minimum atomic E-state index is -3.67. The van der Waals surface area contributed by atoms with Gasteiger partial charge in [-0.3, -0.25) is 4.79 Å². The maximum atomic E-state index is 13.0. The molecule has 1 heterocycles. The van der Waals surface area contributed by atoms with Gasteiger partial charge in [-0.1, -0.05) is 35.9 Å². The largest absolute Gasteiger partial charge is 0.356 e. The zero-order valence-corrected chi connectivity index (χ0v) is 15.0. The third kappa shape index (κ3) is 3.44. The number of aryl methyl sites for hydroxylation is 1. The summed E-state index contributed by atoms with van der Waals surface area (Å²) in [5.74, 6) is -0.101. The van der Waals surface area contributed by atoms with Crippen LogP contribution < -0.4 is 5.32 Å². The SMILES string of the molecule is CC(=O)NCCc1cn(S(=O)(=O)c2ccc(C)cc2)c2ccccc12. The number of nitrogens with one attached hydrogen (secondary N) is 1. The van der Waals surface area contributed by atoms with E-state index in [-0.39, 0.29) is 10.8 Å². The number of nitrogens with zero attached hydrogens (tertiary/aromatic N) is 1.